The topological polar surface area (TPSA) is 26.0 Å². The van der Waals surface area contributed by atoms with Crippen LogP contribution in [0.15, 0.2) is 12.1 Å². The zero-order chi connectivity index (χ0) is 11.6. The van der Waals surface area contributed by atoms with Crippen LogP contribution in [0.3, 0.4) is 0 Å². The lowest BCUT2D eigenvalue weighted by atomic mass is 9.86. The summed E-state index contributed by atoms with van der Waals surface area (Å²) in [6, 6.07) is 1.46. The first kappa shape index (κ1) is 12.0. The number of benzene rings is 1. The highest BCUT2D eigenvalue weighted by Gasteiger charge is 2.20. The van der Waals surface area contributed by atoms with Crippen LogP contribution in [0.2, 0.25) is 0 Å². The number of rotatable bonds is 3. The Balaban J connectivity index is 3.01. The molecule has 1 aromatic carbocycles. The molecule has 2 N–H and O–H groups in total. The van der Waals surface area contributed by atoms with Gasteiger partial charge in [-0.05, 0) is 30.0 Å². The molecule has 0 aliphatic carbocycles. The number of hydrogen-bond acceptors (Lipinski definition) is 1. The van der Waals surface area contributed by atoms with Crippen LogP contribution in [0.1, 0.15) is 19.4 Å². The second-order valence-electron chi connectivity index (χ2n) is 4.40. The third-order valence-electron chi connectivity index (χ3n) is 2.31. The maximum absolute atomic E-state index is 13.2. The summed E-state index contributed by atoms with van der Waals surface area (Å²) in [5.74, 6) is -2.92. The van der Waals surface area contributed by atoms with E-state index in [0.29, 0.717) is 12.6 Å². The molecule has 0 saturated heterocycles. The van der Waals surface area contributed by atoms with E-state index in [0.717, 1.165) is 6.07 Å². The standard InChI is InChI=1S/C11H14F3N/c1-11(2,6-15)5-7-3-9(13)10(14)4-8(7)12/h3-4H,5-6,15H2,1-2H3. The fourth-order valence-electron chi connectivity index (χ4n) is 1.29. The molecule has 1 nitrogen and oxygen atoms in total. The second kappa shape index (κ2) is 4.23. The maximum atomic E-state index is 13.2. The van der Waals surface area contributed by atoms with Crippen molar-refractivity contribution < 1.29 is 13.2 Å². The largest absolute Gasteiger partial charge is 0.330 e. The zero-order valence-electron chi connectivity index (χ0n) is 8.78. The average molecular weight is 217 g/mol. The summed E-state index contributed by atoms with van der Waals surface area (Å²) in [4.78, 5) is 0. The Morgan fingerprint density at radius 3 is 2.13 bits per heavy atom. The molecule has 0 aliphatic rings. The monoisotopic (exact) mass is 217 g/mol. The molecule has 1 aromatic rings. The van der Waals surface area contributed by atoms with Gasteiger partial charge < -0.3 is 5.73 Å². The Morgan fingerprint density at radius 1 is 1.07 bits per heavy atom. The van der Waals surface area contributed by atoms with Crippen molar-refractivity contribution >= 4 is 0 Å². The van der Waals surface area contributed by atoms with E-state index in [1.165, 1.54) is 0 Å². The highest BCUT2D eigenvalue weighted by atomic mass is 19.2. The van der Waals surface area contributed by atoms with Gasteiger partial charge in [0, 0.05) is 6.07 Å². The summed E-state index contributed by atoms with van der Waals surface area (Å²) >= 11 is 0. The van der Waals surface area contributed by atoms with Gasteiger partial charge in [-0.3, -0.25) is 0 Å². The van der Waals surface area contributed by atoms with Crippen LogP contribution in [0.5, 0.6) is 0 Å². The van der Waals surface area contributed by atoms with Crippen molar-refractivity contribution in [3.8, 4) is 0 Å². The molecule has 1 rings (SSSR count). The fourth-order valence-corrected chi connectivity index (χ4v) is 1.29. The van der Waals surface area contributed by atoms with Crippen molar-refractivity contribution in [2.45, 2.75) is 20.3 Å². The molecule has 0 saturated carbocycles. The van der Waals surface area contributed by atoms with Crippen molar-refractivity contribution in [3.63, 3.8) is 0 Å². The van der Waals surface area contributed by atoms with E-state index >= 15 is 0 Å². The molecule has 15 heavy (non-hydrogen) atoms. The van der Waals surface area contributed by atoms with Gasteiger partial charge in [0.05, 0.1) is 0 Å². The van der Waals surface area contributed by atoms with Gasteiger partial charge in [-0.1, -0.05) is 13.8 Å². The molecule has 0 unspecified atom stereocenters. The Bertz CT molecular complexity index is 361. The first-order valence-electron chi connectivity index (χ1n) is 4.69. The molecule has 0 bridgehead atoms. The number of nitrogens with two attached hydrogens (primary N) is 1. The third-order valence-corrected chi connectivity index (χ3v) is 2.31. The first-order chi connectivity index (χ1) is 6.85. The lowest BCUT2D eigenvalue weighted by Gasteiger charge is -2.22. The van der Waals surface area contributed by atoms with E-state index < -0.39 is 17.5 Å². The van der Waals surface area contributed by atoms with E-state index in [2.05, 4.69) is 0 Å². The van der Waals surface area contributed by atoms with E-state index in [9.17, 15) is 13.2 Å². The highest BCUT2D eigenvalue weighted by molar-refractivity contribution is 5.21. The van der Waals surface area contributed by atoms with Crippen molar-refractivity contribution in [2.24, 2.45) is 11.1 Å². The lowest BCUT2D eigenvalue weighted by molar-refractivity contribution is 0.367. The van der Waals surface area contributed by atoms with Gasteiger partial charge in [-0.2, -0.15) is 0 Å². The quantitative estimate of drug-likeness (QED) is 0.774. The fraction of sp³-hybridized carbons (Fsp3) is 0.455. The summed E-state index contributed by atoms with van der Waals surface area (Å²) in [5.41, 5.74) is 5.31. The molecule has 0 heterocycles. The van der Waals surface area contributed by atoms with Crippen molar-refractivity contribution in [3.05, 3.63) is 35.1 Å². The van der Waals surface area contributed by atoms with Gasteiger partial charge in [0.2, 0.25) is 0 Å². The van der Waals surface area contributed by atoms with E-state index in [4.69, 9.17) is 5.73 Å². The average Bonchev–Trinajstić information content (AvgIpc) is 2.14. The number of halogens is 3. The van der Waals surface area contributed by atoms with Gasteiger partial charge in [0.25, 0.3) is 0 Å². The van der Waals surface area contributed by atoms with E-state index in [1.54, 1.807) is 0 Å². The first-order valence-corrected chi connectivity index (χ1v) is 4.69. The van der Waals surface area contributed by atoms with Crippen molar-refractivity contribution in [2.75, 3.05) is 6.54 Å². The van der Waals surface area contributed by atoms with Crippen LogP contribution in [-0.4, -0.2) is 6.54 Å². The van der Waals surface area contributed by atoms with Crippen LogP contribution < -0.4 is 5.73 Å². The SMILES string of the molecule is CC(C)(CN)Cc1cc(F)c(F)cc1F. The lowest BCUT2D eigenvalue weighted by Crippen LogP contribution is -2.26. The zero-order valence-corrected chi connectivity index (χ0v) is 8.78. The second-order valence-corrected chi connectivity index (χ2v) is 4.40. The molecule has 84 valence electrons. The normalized spacial score (nSPS) is 11.9. The molecule has 4 heteroatoms. The summed E-state index contributed by atoms with van der Waals surface area (Å²) < 4.78 is 38.7. The summed E-state index contributed by atoms with van der Waals surface area (Å²) in [7, 11) is 0. The van der Waals surface area contributed by atoms with Crippen LogP contribution in [0, 0.1) is 22.9 Å². The van der Waals surface area contributed by atoms with Crippen LogP contribution >= 0.6 is 0 Å². The molecule has 0 spiro atoms. The minimum atomic E-state index is -1.16. The molecule has 0 amide bonds. The minimum absolute atomic E-state index is 0.157. The highest BCUT2D eigenvalue weighted by Crippen LogP contribution is 2.23. The third kappa shape index (κ3) is 2.96. The van der Waals surface area contributed by atoms with Crippen molar-refractivity contribution in [1.82, 2.24) is 0 Å². The Hall–Kier alpha value is -1.03. The molecule has 0 atom stereocenters. The summed E-state index contributed by atoms with van der Waals surface area (Å²) in [5, 5.41) is 0. The van der Waals surface area contributed by atoms with E-state index in [1.807, 2.05) is 13.8 Å². The van der Waals surface area contributed by atoms with Gasteiger partial charge in [-0.15, -0.1) is 0 Å². The molecule has 0 fully saturated rings. The molecular formula is C11H14F3N. The predicted octanol–water partition coefficient (Wildman–Crippen LogP) is 2.63. The van der Waals surface area contributed by atoms with E-state index in [-0.39, 0.29) is 17.4 Å². The Kier molecular flexibility index (Phi) is 3.39. The summed E-state index contributed by atoms with van der Waals surface area (Å²) in [6.07, 6.45) is 0.284. The molecule has 0 aliphatic heterocycles. The molecule has 0 radical (unpaired) electrons. The smallest absolute Gasteiger partial charge is 0.161 e. The van der Waals surface area contributed by atoms with Crippen LogP contribution in [0.25, 0.3) is 0 Å². The van der Waals surface area contributed by atoms with Gasteiger partial charge in [-0.25, -0.2) is 13.2 Å². The maximum Gasteiger partial charge on any atom is 0.161 e. The Labute approximate surface area is 87.1 Å². The predicted molar refractivity (Wildman–Crippen MR) is 52.9 cm³/mol. The van der Waals surface area contributed by atoms with Gasteiger partial charge in [0.1, 0.15) is 5.82 Å². The van der Waals surface area contributed by atoms with Crippen LogP contribution in [-0.2, 0) is 6.42 Å². The summed E-state index contributed by atoms with van der Waals surface area (Å²) in [6.45, 7) is 4.03. The van der Waals surface area contributed by atoms with Crippen molar-refractivity contribution in [1.29, 1.82) is 0 Å². The van der Waals surface area contributed by atoms with Crippen LogP contribution in [0.4, 0.5) is 13.2 Å². The van der Waals surface area contributed by atoms with Gasteiger partial charge in [0.15, 0.2) is 11.6 Å². The minimum Gasteiger partial charge on any atom is -0.330 e. The molecular weight excluding hydrogens is 203 g/mol. The van der Waals surface area contributed by atoms with Gasteiger partial charge >= 0.3 is 0 Å². The Morgan fingerprint density at radius 2 is 1.60 bits per heavy atom. The molecule has 0 aromatic heterocycles. The number of hydrogen-bond donors (Lipinski definition) is 1.